The second kappa shape index (κ2) is 14.4. The van der Waals surface area contributed by atoms with Crippen molar-refractivity contribution in [3.8, 4) is 22.5 Å². The van der Waals surface area contributed by atoms with Gasteiger partial charge in [-0.15, -0.1) is 0 Å². The predicted molar refractivity (Wildman–Crippen MR) is 166 cm³/mol. The van der Waals surface area contributed by atoms with Crippen LogP contribution in [0.3, 0.4) is 0 Å². The number of pyridine rings is 1. The Hall–Kier alpha value is -3.51. The number of nitrogens with zero attached hydrogens (tertiary/aromatic N) is 4. The minimum Gasteiger partial charge on any atom is -0.343 e. The summed E-state index contributed by atoms with van der Waals surface area (Å²) in [6, 6.07) is 24.5. The lowest BCUT2D eigenvalue weighted by Gasteiger charge is -2.42. The third-order valence-corrected chi connectivity index (χ3v) is 8.64. The van der Waals surface area contributed by atoms with E-state index in [1.807, 2.05) is 77.7 Å². The third kappa shape index (κ3) is 7.62. The van der Waals surface area contributed by atoms with Crippen LogP contribution in [0.15, 0.2) is 72.8 Å². The molecule has 0 spiro atoms. The molecule has 3 heterocycles. The average molecular weight is 553 g/mol. The van der Waals surface area contributed by atoms with Crippen LogP contribution in [0.1, 0.15) is 68.6 Å². The Morgan fingerprint density at radius 3 is 1.83 bits per heavy atom. The fourth-order valence-corrected chi connectivity index (χ4v) is 6.16. The van der Waals surface area contributed by atoms with Gasteiger partial charge in [-0.25, -0.2) is 4.98 Å². The first kappa shape index (κ1) is 29.0. The smallest absolute Gasteiger partial charge is 0.254 e. The fourth-order valence-electron chi connectivity index (χ4n) is 6.16. The Morgan fingerprint density at radius 1 is 0.707 bits per heavy atom. The number of unbranched alkanes of at least 4 members (excludes halogenated alkanes) is 4. The van der Waals surface area contributed by atoms with Crippen LogP contribution in [-0.2, 0) is 4.79 Å². The van der Waals surface area contributed by atoms with Crippen LogP contribution in [0.25, 0.3) is 22.5 Å². The summed E-state index contributed by atoms with van der Waals surface area (Å²) in [5.41, 5.74) is 4.33. The van der Waals surface area contributed by atoms with Crippen molar-refractivity contribution in [2.24, 2.45) is 0 Å². The van der Waals surface area contributed by atoms with E-state index in [2.05, 4.69) is 16.7 Å². The Kier molecular flexibility index (Phi) is 10.2. The zero-order chi connectivity index (χ0) is 28.4. The van der Waals surface area contributed by atoms with Gasteiger partial charge in [-0.3, -0.25) is 14.5 Å². The molecular formula is C35H44N4O2. The maximum atomic E-state index is 13.7. The molecule has 41 heavy (non-hydrogen) atoms. The zero-order valence-corrected chi connectivity index (χ0v) is 24.5. The molecule has 6 heteroatoms. The molecule has 0 radical (unpaired) electrons. The maximum absolute atomic E-state index is 13.7. The van der Waals surface area contributed by atoms with Gasteiger partial charge < -0.3 is 9.80 Å². The summed E-state index contributed by atoms with van der Waals surface area (Å²) >= 11 is 0. The monoisotopic (exact) mass is 552 g/mol. The number of carbonyl (C=O) groups is 2. The lowest BCUT2D eigenvalue weighted by Crippen LogP contribution is -2.54. The molecule has 2 saturated heterocycles. The number of piperidine rings is 1. The second-order valence-corrected chi connectivity index (χ2v) is 11.5. The number of hydrogen-bond donors (Lipinski definition) is 0. The fraction of sp³-hybridized carbons (Fsp3) is 0.457. The molecule has 0 bridgehead atoms. The quantitative estimate of drug-likeness (QED) is 0.269. The number of rotatable bonds is 10. The summed E-state index contributed by atoms with van der Waals surface area (Å²) in [5.74, 6) is 0.401. The van der Waals surface area contributed by atoms with Crippen molar-refractivity contribution in [3.63, 3.8) is 0 Å². The van der Waals surface area contributed by atoms with E-state index in [1.54, 1.807) is 0 Å². The molecule has 0 aliphatic carbocycles. The van der Waals surface area contributed by atoms with Crippen molar-refractivity contribution in [2.75, 3.05) is 39.3 Å². The van der Waals surface area contributed by atoms with Gasteiger partial charge in [-0.1, -0.05) is 93.3 Å². The minimum atomic E-state index is 0.0702. The Morgan fingerprint density at radius 2 is 1.27 bits per heavy atom. The van der Waals surface area contributed by atoms with E-state index >= 15 is 0 Å². The molecule has 2 aromatic carbocycles. The highest BCUT2D eigenvalue weighted by Gasteiger charge is 2.30. The summed E-state index contributed by atoms with van der Waals surface area (Å²) < 4.78 is 0. The highest BCUT2D eigenvalue weighted by molar-refractivity contribution is 5.96. The molecule has 2 fully saturated rings. The highest BCUT2D eigenvalue weighted by atomic mass is 16.2. The molecule has 2 amide bonds. The van der Waals surface area contributed by atoms with E-state index in [4.69, 9.17) is 4.98 Å². The lowest BCUT2D eigenvalue weighted by molar-refractivity contribution is -0.133. The van der Waals surface area contributed by atoms with Crippen molar-refractivity contribution >= 4 is 11.8 Å². The number of hydrogen-bond acceptors (Lipinski definition) is 4. The molecule has 0 atom stereocenters. The zero-order valence-electron chi connectivity index (χ0n) is 24.5. The molecule has 1 aromatic heterocycles. The van der Waals surface area contributed by atoms with Gasteiger partial charge in [0.1, 0.15) is 0 Å². The average Bonchev–Trinajstić information content (AvgIpc) is 3.05. The first-order chi connectivity index (χ1) is 20.1. The van der Waals surface area contributed by atoms with Gasteiger partial charge in [0.25, 0.3) is 5.91 Å². The standard InChI is InChI=1S/C35H44N4O2/c1-2-3-4-5-12-17-34(40)38-20-18-31(19-21-38)37-22-24-39(25-23-37)35(41)30-26-32(28-13-8-6-9-14-28)36-33(27-30)29-15-10-7-11-16-29/h6-11,13-16,26-27,31H,2-5,12,17-25H2,1H3. The summed E-state index contributed by atoms with van der Waals surface area (Å²) in [6.07, 6.45) is 8.68. The van der Waals surface area contributed by atoms with Gasteiger partial charge >= 0.3 is 0 Å². The van der Waals surface area contributed by atoms with Gasteiger partial charge in [-0.2, -0.15) is 0 Å². The maximum Gasteiger partial charge on any atom is 0.254 e. The van der Waals surface area contributed by atoms with Gasteiger partial charge in [0, 0.05) is 68.4 Å². The van der Waals surface area contributed by atoms with Crippen LogP contribution in [-0.4, -0.2) is 76.8 Å². The number of aromatic nitrogens is 1. The SMILES string of the molecule is CCCCCCCC(=O)N1CCC(N2CCN(C(=O)c3cc(-c4ccccc4)nc(-c4ccccc4)c3)CC2)CC1. The summed E-state index contributed by atoms with van der Waals surface area (Å²) in [5, 5.41) is 0. The Labute approximate surface area is 245 Å². The number of piperazine rings is 1. The van der Waals surface area contributed by atoms with Crippen LogP contribution in [0.2, 0.25) is 0 Å². The second-order valence-electron chi connectivity index (χ2n) is 11.5. The summed E-state index contributed by atoms with van der Waals surface area (Å²) in [4.78, 5) is 37.9. The number of benzene rings is 2. The number of amides is 2. The third-order valence-electron chi connectivity index (χ3n) is 8.64. The molecule has 5 rings (SSSR count). The molecule has 2 aliphatic rings. The molecule has 0 saturated carbocycles. The molecular weight excluding hydrogens is 508 g/mol. The van der Waals surface area contributed by atoms with Crippen molar-refractivity contribution in [2.45, 2.75) is 64.3 Å². The minimum absolute atomic E-state index is 0.0702. The topological polar surface area (TPSA) is 56.8 Å². The van der Waals surface area contributed by atoms with Crippen LogP contribution >= 0.6 is 0 Å². The normalized spacial score (nSPS) is 16.6. The Bertz CT molecular complexity index is 1210. The molecule has 216 valence electrons. The van der Waals surface area contributed by atoms with E-state index < -0.39 is 0 Å². The molecule has 3 aromatic rings. The first-order valence-electron chi connectivity index (χ1n) is 15.6. The largest absolute Gasteiger partial charge is 0.343 e. The summed E-state index contributed by atoms with van der Waals surface area (Å²) in [6.45, 7) is 7.14. The van der Waals surface area contributed by atoms with Gasteiger partial charge in [0.05, 0.1) is 11.4 Å². The number of likely N-dealkylation sites (tertiary alicyclic amines) is 1. The highest BCUT2D eigenvalue weighted by Crippen LogP contribution is 2.26. The van der Waals surface area contributed by atoms with Gasteiger partial charge in [0.2, 0.25) is 5.91 Å². The molecule has 0 unspecified atom stereocenters. The molecule has 6 nitrogen and oxygen atoms in total. The van der Waals surface area contributed by atoms with Crippen LogP contribution in [0.5, 0.6) is 0 Å². The van der Waals surface area contributed by atoms with Gasteiger partial charge in [-0.05, 0) is 31.4 Å². The van der Waals surface area contributed by atoms with Gasteiger partial charge in [0.15, 0.2) is 0 Å². The lowest BCUT2D eigenvalue weighted by atomic mass is 10.0. The van der Waals surface area contributed by atoms with Crippen LogP contribution in [0.4, 0.5) is 0 Å². The predicted octanol–water partition coefficient (Wildman–Crippen LogP) is 6.52. The van der Waals surface area contributed by atoms with Crippen molar-refractivity contribution in [1.82, 2.24) is 19.7 Å². The first-order valence-corrected chi connectivity index (χ1v) is 15.6. The van der Waals surface area contributed by atoms with Crippen molar-refractivity contribution in [1.29, 1.82) is 0 Å². The van der Waals surface area contributed by atoms with Crippen LogP contribution < -0.4 is 0 Å². The van der Waals surface area contributed by atoms with E-state index in [-0.39, 0.29) is 5.91 Å². The van der Waals surface area contributed by atoms with Crippen molar-refractivity contribution < 1.29 is 9.59 Å². The van der Waals surface area contributed by atoms with E-state index in [1.165, 1.54) is 25.7 Å². The molecule has 2 aliphatic heterocycles. The van der Waals surface area contributed by atoms with Crippen LogP contribution in [0, 0.1) is 0 Å². The van der Waals surface area contributed by atoms with E-state index in [0.29, 0.717) is 23.9 Å². The van der Waals surface area contributed by atoms with E-state index in [9.17, 15) is 9.59 Å². The molecule has 0 N–H and O–H groups in total. The Balaban J connectivity index is 1.17. The van der Waals surface area contributed by atoms with Crippen molar-refractivity contribution in [3.05, 3.63) is 78.4 Å². The number of carbonyl (C=O) groups excluding carboxylic acids is 2. The van der Waals surface area contributed by atoms with E-state index in [0.717, 1.165) is 81.0 Å². The summed E-state index contributed by atoms with van der Waals surface area (Å²) in [7, 11) is 0.